The molecule has 0 atom stereocenters. The Balaban J connectivity index is 2.33. The van der Waals surface area contributed by atoms with Crippen molar-refractivity contribution in [3.05, 3.63) is 12.0 Å². The monoisotopic (exact) mass is 113 g/mol. The highest BCUT2D eigenvalue weighted by Gasteiger charge is 2.02. The number of hydrogen-bond acceptors (Lipinski definition) is 2. The summed E-state index contributed by atoms with van der Waals surface area (Å²) in [6.07, 6.45) is 3.09. The van der Waals surface area contributed by atoms with Crippen molar-refractivity contribution in [3.8, 4) is 0 Å². The minimum atomic E-state index is 0.825. The van der Waals surface area contributed by atoms with E-state index in [4.69, 9.17) is 4.74 Å². The summed E-state index contributed by atoms with van der Waals surface area (Å²) >= 11 is 0. The first kappa shape index (κ1) is 5.48. The van der Waals surface area contributed by atoms with Crippen LogP contribution in [-0.4, -0.2) is 13.2 Å². The highest BCUT2D eigenvalue weighted by atomic mass is 16.5. The van der Waals surface area contributed by atoms with Gasteiger partial charge in [-0.3, -0.25) is 0 Å². The lowest BCUT2D eigenvalue weighted by Gasteiger charge is -1.93. The molecular weight excluding hydrogens is 102 g/mol. The van der Waals surface area contributed by atoms with Gasteiger partial charge in [-0.1, -0.05) is 6.92 Å². The number of rotatable bonds is 1. The Kier molecular flexibility index (Phi) is 1.78. The molecule has 0 unspecified atom stereocenters. The van der Waals surface area contributed by atoms with Crippen LogP contribution >= 0.6 is 0 Å². The molecule has 2 heteroatoms. The second-order valence-corrected chi connectivity index (χ2v) is 1.75. The lowest BCUT2D eigenvalue weighted by Crippen LogP contribution is -2.04. The number of allylic oxidation sites excluding steroid dienone is 1. The van der Waals surface area contributed by atoms with Gasteiger partial charge in [0.15, 0.2) is 5.88 Å². The fraction of sp³-hybridized carbons (Fsp3) is 0.667. The van der Waals surface area contributed by atoms with Crippen molar-refractivity contribution >= 4 is 0 Å². The van der Waals surface area contributed by atoms with Crippen molar-refractivity contribution in [1.82, 2.24) is 5.32 Å². The van der Waals surface area contributed by atoms with E-state index in [9.17, 15) is 0 Å². The van der Waals surface area contributed by atoms with Crippen LogP contribution in [0.25, 0.3) is 0 Å². The van der Waals surface area contributed by atoms with Gasteiger partial charge in [-0.2, -0.15) is 0 Å². The van der Waals surface area contributed by atoms with Crippen molar-refractivity contribution in [2.24, 2.45) is 0 Å². The summed E-state index contributed by atoms with van der Waals surface area (Å²) in [5.74, 6) is 0.951. The quantitative estimate of drug-likeness (QED) is 0.544. The zero-order chi connectivity index (χ0) is 5.82. The Morgan fingerprint density at radius 3 is 3.25 bits per heavy atom. The number of ether oxygens (including phenoxy) is 1. The van der Waals surface area contributed by atoms with Gasteiger partial charge >= 0.3 is 0 Å². The van der Waals surface area contributed by atoms with Crippen LogP contribution in [0.2, 0.25) is 0 Å². The smallest absolute Gasteiger partial charge is 0.182 e. The Hall–Kier alpha value is -0.660. The van der Waals surface area contributed by atoms with Crippen LogP contribution in [0.5, 0.6) is 0 Å². The molecule has 1 fully saturated rings. The summed E-state index contributed by atoms with van der Waals surface area (Å²) < 4.78 is 5.14. The Morgan fingerprint density at radius 1 is 1.88 bits per heavy atom. The van der Waals surface area contributed by atoms with Crippen molar-refractivity contribution in [2.75, 3.05) is 13.2 Å². The van der Waals surface area contributed by atoms with Gasteiger partial charge in [0.2, 0.25) is 0 Å². The van der Waals surface area contributed by atoms with E-state index in [-0.39, 0.29) is 0 Å². The van der Waals surface area contributed by atoms with Crippen LogP contribution in [-0.2, 0) is 4.74 Å². The lowest BCUT2D eigenvalue weighted by molar-refractivity contribution is 0.264. The molecule has 1 aliphatic rings. The standard InChI is InChI=1S/C6H11NO/c1-2-3-6-7-4-5-8-6/h3,7H,2,4-5H2,1H3. The lowest BCUT2D eigenvalue weighted by atomic mass is 10.4. The Morgan fingerprint density at radius 2 is 2.75 bits per heavy atom. The molecule has 46 valence electrons. The van der Waals surface area contributed by atoms with E-state index in [1.54, 1.807) is 0 Å². The molecule has 1 saturated heterocycles. The molecule has 1 N–H and O–H groups in total. The summed E-state index contributed by atoms with van der Waals surface area (Å²) in [4.78, 5) is 0. The van der Waals surface area contributed by atoms with Crippen LogP contribution in [0.4, 0.5) is 0 Å². The SMILES string of the molecule is CCC=C1NCCO1. The molecule has 2 nitrogen and oxygen atoms in total. The predicted molar refractivity (Wildman–Crippen MR) is 32.3 cm³/mol. The molecule has 8 heavy (non-hydrogen) atoms. The van der Waals surface area contributed by atoms with Gasteiger partial charge in [0.05, 0.1) is 6.54 Å². The molecule has 1 heterocycles. The first-order valence-corrected chi connectivity index (χ1v) is 3.00. The molecule has 1 aliphatic heterocycles. The molecular formula is C6H11NO. The second-order valence-electron chi connectivity index (χ2n) is 1.75. The fourth-order valence-corrected chi connectivity index (χ4v) is 0.703. The second kappa shape index (κ2) is 2.60. The molecule has 0 aromatic heterocycles. The van der Waals surface area contributed by atoms with Crippen molar-refractivity contribution in [3.63, 3.8) is 0 Å². The third-order valence-electron chi connectivity index (χ3n) is 1.05. The Labute approximate surface area is 49.5 Å². The van der Waals surface area contributed by atoms with Crippen LogP contribution in [0.1, 0.15) is 13.3 Å². The van der Waals surface area contributed by atoms with Crippen molar-refractivity contribution in [1.29, 1.82) is 0 Å². The largest absolute Gasteiger partial charge is 0.478 e. The van der Waals surface area contributed by atoms with E-state index in [0.717, 1.165) is 25.5 Å². The summed E-state index contributed by atoms with van der Waals surface area (Å²) in [5, 5.41) is 3.10. The molecule has 0 aromatic carbocycles. The van der Waals surface area contributed by atoms with Gasteiger partial charge in [-0.25, -0.2) is 0 Å². The molecule has 0 bridgehead atoms. The minimum Gasteiger partial charge on any atom is -0.478 e. The van der Waals surface area contributed by atoms with E-state index in [2.05, 4.69) is 12.2 Å². The van der Waals surface area contributed by atoms with Crippen LogP contribution < -0.4 is 5.32 Å². The van der Waals surface area contributed by atoms with Gasteiger partial charge in [-0.15, -0.1) is 0 Å². The normalized spacial score (nSPS) is 22.9. The average molecular weight is 113 g/mol. The van der Waals surface area contributed by atoms with E-state index in [1.165, 1.54) is 0 Å². The van der Waals surface area contributed by atoms with Crippen LogP contribution in [0, 0.1) is 0 Å². The maximum absolute atomic E-state index is 5.14. The minimum absolute atomic E-state index is 0.825. The molecule has 1 rings (SSSR count). The van der Waals surface area contributed by atoms with Crippen LogP contribution in [0.15, 0.2) is 12.0 Å². The molecule has 0 spiro atoms. The summed E-state index contributed by atoms with van der Waals surface area (Å²) in [6.45, 7) is 3.88. The van der Waals surface area contributed by atoms with Gasteiger partial charge in [0, 0.05) is 0 Å². The summed E-state index contributed by atoms with van der Waals surface area (Å²) in [5.41, 5.74) is 0. The first-order chi connectivity index (χ1) is 3.93. The van der Waals surface area contributed by atoms with E-state index in [0.29, 0.717) is 0 Å². The Bertz CT molecular complexity index is 90.7. The first-order valence-electron chi connectivity index (χ1n) is 3.00. The van der Waals surface area contributed by atoms with Crippen molar-refractivity contribution in [2.45, 2.75) is 13.3 Å². The molecule has 0 amide bonds. The van der Waals surface area contributed by atoms with Crippen molar-refractivity contribution < 1.29 is 4.74 Å². The summed E-state index contributed by atoms with van der Waals surface area (Å²) in [7, 11) is 0. The predicted octanol–water partition coefficient (Wildman–Crippen LogP) is 0.858. The highest BCUT2D eigenvalue weighted by molar-refractivity contribution is 4.92. The van der Waals surface area contributed by atoms with Gasteiger partial charge < -0.3 is 10.1 Å². The maximum atomic E-state index is 5.14. The molecule has 0 saturated carbocycles. The van der Waals surface area contributed by atoms with Gasteiger partial charge in [-0.05, 0) is 12.5 Å². The highest BCUT2D eigenvalue weighted by Crippen LogP contribution is 1.99. The topological polar surface area (TPSA) is 21.3 Å². The number of nitrogens with one attached hydrogen (secondary N) is 1. The zero-order valence-electron chi connectivity index (χ0n) is 5.11. The van der Waals surface area contributed by atoms with E-state index >= 15 is 0 Å². The molecule has 0 aromatic rings. The van der Waals surface area contributed by atoms with Gasteiger partial charge in [0.25, 0.3) is 0 Å². The molecule has 0 radical (unpaired) electrons. The third kappa shape index (κ3) is 1.15. The maximum Gasteiger partial charge on any atom is 0.182 e. The summed E-state index contributed by atoms with van der Waals surface area (Å²) in [6, 6.07) is 0. The third-order valence-corrected chi connectivity index (χ3v) is 1.05. The zero-order valence-corrected chi connectivity index (χ0v) is 5.11. The van der Waals surface area contributed by atoms with Gasteiger partial charge in [0.1, 0.15) is 6.61 Å². The number of hydrogen-bond donors (Lipinski definition) is 1. The fourth-order valence-electron chi connectivity index (χ4n) is 0.703. The average Bonchev–Trinajstić information content (AvgIpc) is 2.19. The molecule has 0 aliphatic carbocycles. The van der Waals surface area contributed by atoms with E-state index < -0.39 is 0 Å². The van der Waals surface area contributed by atoms with E-state index in [1.807, 2.05) is 6.08 Å². The van der Waals surface area contributed by atoms with Crippen LogP contribution in [0.3, 0.4) is 0 Å².